The van der Waals surface area contributed by atoms with Gasteiger partial charge in [-0.05, 0) is 73.8 Å². The topological polar surface area (TPSA) is 54.4 Å². The number of rotatable bonds is 1. The number of aliphatic hydroxyl groups is 1. The molecule has 24 heavy (non-hydrogen) atoms. The Kier molecular flexibility index (Phi) is 3.32. The number of Topliss-reactive ketones (excluding diaryl/α,β-unsaturated/α-hetero) is 1. The van der Waals surface area contributed by atoms with Crippen LogP contribution in [0.15, 0.2) is 23.8 Å². The van der Waals surface area contributed by atoms with Crippen LogP contribution in [-0.4, -0.2) is 22.3 Å². The average Bonchev–Trinajstić information content (AvgIpc) is 2.81. The Labute approximate surface area is 144 Å². The molecule has 0 unspecified atom stereocenters. The normalized spacial score (nSPS) is 49.9. The molecule has 4 aliphatic carbocycles. The summed E-state index contributed by atoms with van der Waals surface area (Å²) >= 11 is 0. The van der Waals surface area contributed by atoms with Gasteiger partial charge in [0.1, 0.15) is 5.60 Å². The Hall–Kier alpha value is -1.22. The molecule has 0 heterocycles. The van der Waals surface area contributed by atoms with Crippen molar-refractivity contribution in [3.8, 4) is 0 Å². The van der Waals surface area contributed by atoms with Crippen LogP contribution in [0.1, 0.15) is 59.3 Å². The van der Waals surface area contributed by atoms with Gasteiger partial charge >= 0.3 is 0 Å². The zero-order valence-corrected chi connectivity index (χ0v) is 15.0. The van der Waals surface area contributed by atoms with Gasteiger partial charge in [0.05, 0.1) is 0 Å². The van der Waals surface area contributed by atoms with Crippen LogP contribution in [-0.2, 0) is 9.59 Å². The quantitative estimate of drug-likeness (QED) is 0.800. The second kappa shape index (κ2) is 4.91. The molecule has 4 rings (SSSR count). The van der Waals surface area contributed by atoms with E-state index in [1.807, 2.05) is 6.08 Å². The first-order chi connectivity index (χ1) is 11.2. The molecule has 0 amide bonds. The summed E-state index contributed by atoms with van der Waals surface area (Å²) in [6, 6.07) is 0. The Balaban J connectivity index is 1.75. The summed E-state index contributed by atoms with van der Waals surface area (Å²) in [5.74, 6) is 1.47. The minimum absolute atomic E-state index is 0.0687. The van der Waals surface area contributed by atoms with Crippen molar-refractivity contribution in [3.63, 3.8) is 0 Å². The van der Waals surface area contributed by atoms with Crippen LogP contribution >= 0.6 is 0 Å². The molecule has 4 aliphatic rings. The Morgan fingerprint density at radius 2 is 1.88 bits per heavy atom. The summed E-state index contributed by atoms with van der Waals surface area (Å²) < 4.78 is 0. The van der Waals surface area contributed by atoms with Gasteiger partial charge in [-0.2, -0.15) is 0 Å². The van der Waals surface area contributed by atoms with Gasteiger partial charge in [-0.3, -0.25) is 9.59 Å². The van der Waals surface area contributed by atoms with Crippen LogP contribution in [0.3, 0.4) is 0 Å². The van der Waals surface area contributed by atoms with Gasteiger partial charge < -0.3 is 5.11 Å². The van der Waals surface area contributed by atoms with Crippen molar-refractivity contribution >= 4 is 11.6 Å². The standard InChI is InChI=1S/C21H28O3/c1-13(22)21(24)11-8-18-16-5-4-14-12-15(23)6-9-19(14,2)17(16)7-10-20(18,21)3/h4-5,12,16-18,24H,6-11H2,1-3H3/t16-,17+,18+,19-,20-,21-/m0/s1. The van der Waals surface area contributed by atoms with Gasteiger partial charge in [0, 0.05) is 11.8 Å². The average molecular weight is 328 g/mol. The van der Waals surface area contributed by atoms with Crippen LogP contribution in [0.25, 0.3) is 0 Å². The maximum atomic E-state index is 12.2. The monoisotopic (exact) mass is 328 g/mol. The minimum Gasteiger partial charge on any atom is -0.382 e. The smallest absolute Gasteiger partial charge is 0.161 e. The Morgan fingerprint density at radius 3 is 2.58 bits per heavy atom. The van der Waals surface area contributed by atoms with E-state index in [-0.39, 0.29) is 22.4 Å². The van der Waals surface area contributed by atoms with Crippen LogP contribution in [0.4, 0.5) is 0 Å². The molecule has 1 N–H and O–H groups in total. The fraction of sp³-hybridized carbons (Fsp3) is 0.714. The van der Waals surface area contributed by atoms with Gasteiger partial charge in [-0.1, -0.05) is 26.0 Å². The molecule has 2 saturated carbocycles. The summed E-state index contributed by atoms with van der Waals surface area (Å²) in [6.45, 7) is 6.00. The maximum absolute atomic E-state index is 12.2. The number of carbonyl (C=O) groups is 2. The van der Waals surface area contributed by atoms with Crippen molar-refractivity contribution < 1.29 is 14.7 Å². The van der Waals surface area contributed by atoms with Gasteiger partial charge in [-0.25, -0.2) is 0 Å². The highest BCUT2D eigenvalue weighted by atomic mass is 16.3. The zero-order valence-electron chi connectivity index (χ0n) is 15.0. The van der Waals surface area contributed by atoms with Crippen molar-refractivity contribution in [2.24, 2.45) is 28.6 Å². The number of ketones is 2. The van der Waals surface area contributed by atoms with E-state index in [1.54, 1.807) is 6.92 Å². The van der Waals surface area contributed by atoms with E-state index >= 15 is 0 Å². The van der Waals surface area contributed by atoms with Crippen molar-refractivity contribution in [2.75, 3.05) is 0 Å². The highest BCUT2D eigenvalue weighted by molar-refractivity contribution is 5.92. The van der Waals surface area contributed by atoms with E-state index in [0.29, 0.717) is 30.6 Å². The molecule has 3 nitrogen and oxygen atoms in total. The number of hydrogen-bond acceptors (Lipinski definition) is 3. The maximum Gasteiger partial charge on any atom is 0.161 e. The summed E-state index contributed by atoms with van der Waals surface area (Å²) in [7, 11) is 0. The molecule has 0 aromatic heterocycles. The van der Waals surface area contributed by atoms with Crippen molar-refractivity contribution in [3.05, 3.63) is 23.8 Å². The Bertz CT molecular complexity index is 675. The van der Waals surface area contributed by atoms with Crippen molar-refractivity contribution in [2.45, 2.75) is 64.9 Å². The van der Waals surface area contributed by atoms with Gasteiger partial charge in [0.15, 0.2) is 11.6 Å². The van der Waals surface area contributed by atoms with E-state index in [1.165, 1.54) is 5.57 Å². The molecule has 0 aliphatic heterocycles. The first kappa shape index (κ1) is 16.3. The summed E-state index contributed by atoms with van der Waals surface area (Å²) in [4.78, 5) is 24.0. The molecular weight excluding hydrogens is 300 g/mol. The molecule has 0 spiro atoms. The molecule has 0 aromatic rings. The molecule has 2 fully saturated rings. The third-order valence-electron chi connectivity index (χ3n) is 8.25. The van der Waals surface area contributed by atoms with Gasteiger partial charge in [-0.15, -0.1) is 0 Å². The first-order valence-corrected chi connectivity index (χ1v) is 9.39. The molecule has 0 saturated heterocycles. The van der Waals surface area contributed by atoms with Crippen LogP contribution in [0.5, 0.6) is 0 Å². The molecule has 0 radical (unpaired) electrons. The first-order valence-electron chi connectivity index (χ1n) is 9.39. The van der Waals surface area contributed by atoms with E-state index in [4.69, 9.17) is 0 Å². The van der Waals surface area contributed by atoms with Crippen molar-refractivity contribution in [1.29, 1.82) is 0 Å². The zero-order chi connectivity index (χ0) is 17.3. The number of fused-ring (bicyclic) bond motifs is 5. The second-order valence-corrected chi connectivity index (χ2v) is 9.04. The lowest BCUT2D eigenvalue weighted by atomic mass is 9.48. The summed E-state index contributed by atoms with van der Waals surface area (Å²) in [6.07, 6.45) is 11.3. The molecule has 3 heteroatoms. The third kappa shape index (κ3) is 1.82. The van der Waals surface area contributed by atoms with Crippen molar-refractivity contribution in [1.82, 2.24) is 0 Å². The van der Waals surface area contributed by atoms with Gasteiger partial charge in [0.2, 0.25) is 0 Å². The third-order valence-corrected chi connectivity index (χ3v) is 8.25. The SMILES string of the molecule is CC(=O)[C@@]1(O)CC[C@@H]2[C@H]3C=CC4=CC(=O)CC[C@]4(C)[C@@H]3CC[C@@]21C. The minimum atomic E-state index is -1.16. The Morgan fingerprint density at radius 1 is 1.17 bits per heavy atom. The van der Waals surface area contributed by atoms with E-state index in [2.05, 4.69) is 26.0 Å². The molecule has 0 aromatic carbocycles. The number of hydrogen-bond donors (Lipinski definition) is 1. The molecule has 0 bridgehead atoms. The predicted molar refractivity (Wildman–Crippen MR) is 92.2 cm³/mol. The highest BCUT2D eigenvalue weighted by Crippen LogP contribution is 2.66. The van der Waals surface area contributed by atoms with E-state index in [9.17, 15) is 14.7 Å². The predicted octanol–water partition coefficient (Wildman–Crippen LogP) is 3.61. The molecule has 6 atom stereocenters. The van der Waals surface area contributed by atoms with Gasteiger partial charge in [0.25, 0.3) is 0 Å². The molecular formula is C21H28O3. The number of allylic oxidation sites excluding steroid dienone is 4. The highest BCUT2D eigenvalue weighted by Gasteiger charge is 2.64. The number of carbonyl (C=O) groups excluding carboxylic acids is 2. The lowest BCUT2D eigenvalue weighted by Crippen LogP contribution is -2.56. The largest absolute Gasteiger partial charge is 0.382 e. The summed E-state index contributed by atoms with van der Waals surface area (Å²) in [5, 5.41) is 11.1. The lowest BCUT2D eigenvalue weighted by molar-refractivity contribution is -0.156. The molecule has 130 valence electrons. The van der Waals surface area contributed by atoms with Crippen LogP contribution in [0.2, 0.25) is 0 Å². The van der Waals surface area contributed by atoms with E-state index < -0.39 is 5.60 Å². The fourth-order valence-corrected chi connectivity index (χ4v) is 6.59. The van der Waals surface area contributed by atoms with Crippen LogP contribution < -0.4 is 0 Å². The van der Waals surface area contributed by atoms with Crippen LogP contribution in [0, 0.1) is 28.6 Å². The lowest BCUT2D eigenvalue weighted by Gasteiger charge is -2.56. The van der Waals surface area contributed by atoms with E-state index in [0.717, 1.165) is 25.7 Å². The second-order valence-electron chi connectivity index (χ2n) is 9.04. The fourth-order valence-electron chi connectivity index (χ4n) is 6.59. The summed E-state index contributed by atoms with van der Waals surface area (Å²) in [5.41, 5.74) is -0.197.